The first-order valence-corrected chi connectivity index (χ1v) is 13.3. The van der Waals surface area contributed by atoms with E-state index in [1.54, 1.807) is 18.3 Å². The van der Waals surface area contributed by atoms with Crippen molar-refractivity contribution in [2.75, 3.05) is 0 Å². The largest absolute Gasteiger partial charge is 0.523 e. The maximum atomic E-state index is 15.2. The molecule has 1 fully saturated rings. The number of aromatic nitrogens is 3. The highest BCUT2D eigenvalue weighted by molar-refractivity contribution is 5.70. The lowest BCUT2D eigenvalue weighted by molar-refractivity contribution is 0.0503. The van der Waals surface area contributed by atoms with Crippen LogP contribution in [0.3, 0.4) is 0 Å². The average molecular weight is 507 g/mol. The molecule has 0 saturated heterocycles. The van der Waals surface area contributed by atoms with Crippen LogP contribution in [0.2, 0.25) is 0 Å². The van der Waals surface area contributed by atoms with Gasteiger partial charge in [0.1, 0.15) is 11.6 Å². The first kappa shape index (κ1) is 24.5. The molecule has 2 aromatic heterocycles. The molecule has 3 aliphatic rings. The van der Waals surface area contributed by atoms with Crippen molar-refractivity contribution in [1.82, 2.24) is 15.0 Å². The number of nitrogens with zero attached hydrogens (tertiary/aromatic N) is 4. The monoisotopic (exact) mass is 506 g/mol. The molecule has 0 spiro atoms. The lowest BCUT2D eigenvalue weighted by atomic mass is 9.51. The maximum absolute atomic E-state index is 15.2. The third kappa shape index (κ3) is 3.67. The van der Waals surface area contributed by atoms with Crippen molar-refractivity contribution >= 4 is 0 Å². The molecule has 0 unspecified atom stereocenters. The fourth-order valence-electron chi connectivity index (χ4n) is 6.95. The SMILES string of the molecule is [C-]#[N+]C1=C(O)[C@](C)(CC=C)[C@H]2CCc3c(-c4ccccc4F)nc(-c4ccnc(C5CC5)c4)nc3[C@]2(C)C1. The average Bonchev–Trinajstić information content (AvgIpc) is 3.77. The highest BCUT2D eigenvalue weighted by Crippen LogP contribution is 2.60. The van der Waals surface area contributed by atoms with Crippen LogP contribution in [-0.4, -0.2) is 20.1 Å². The van der Waals surface area contributed by atoms with E-state index in [2.05, 4.69) is 29.4 Å². The number of fused-ring (bicyclic) bond motifs is 3. The highest BCUT2D eigenvalue weighted by Gasteiger charge is 2.56. The van der Waals surface area contributed by atoms with Gasteiger partial charge in [0.05, 0.1) is 18.0 Å². The van der Waals surface area contributed by atoms with E-state index in [-0.39, 0.29) is 17.5 Å². The molecule has 0 aliphatic heterocycles. The zero-order valence-electron chi connectivity index (χ0n) is 21.8. The standard InChI is InChI=1S/C32H31FN4O/c1-5-15-31(2)26-13-12-22-27(21-8-6-7-9-23(21)33)36-30(20-14-16-35-24(17-20)19-10-11-19)37-28(22)32(26,3)18-25(34-4)29(31)38/h5-9,14,16-17,19,26,38H,1,10-13,15,18H2,2-3H3/t26-,31-,32-/m1/s1. The summed E-state index contributed by atoms with van der Waals surface area (Å²) in [6, 6.07) is 10.7. The first-order chi connectivity index (χ1) is 18.3. The van der Waals surface area contributed by atoms with Crippen molar-refractivity contribution in [2.45, 2.75) is 63.7 Å². The van der Waals surface area contributed by atoms with Crippen molar-refractivity contribution in [2.24, 2.45) is 11.3 Å². The third-order valence-corrected chi connectivity index (χ3v) is 8.99. The zero-order chi connectivity index (χ0) is 26.7. The van der Waals surface area contributed by atoms with E-state index in [9.17, 15) is 5.11 Å². The number of hydrogen-bond acceptors (Lipinski definition) is 4. The number of pyridine rings is 1. The number of allylic oxidation sites excluding steroid dienone is 3. The minimum Gasteiger partial charge on any atom is -0.523 e. The third-order valence-electron chi connectivity index (χ3n) is 8.99. The second-order valence-electron chi connectivity index (χ2n) is 11.4. The molecule has 1 saturated carbocycles. The van der Waals surface area contributed by atoms with Crippen LogP contribution in [0.15, 0.2) is 66.7 Å². The molecule has 2 heterocycles. The Morgan fingerprint density at radius 2 is 1.97 bits per heavy atom. The number of benzene rings is 1. The van der Waals surface area contributed by atoms with Crippen LogP contribution in [0.1, 0.15) is 68.8 Å². The minimum atomic E-state index is -0.634. The molecule has 3 aliphatic carbocycles. The molecule has 5 nitrogen and oxygen atoms in total. The summed E-state index contributed by atoms with van der Waals surface area (Å²) in [5, 5.41) is 11.2. The lowest BCUT2D eigenvalue weighted by Gasteiger charge is -2.54. The van der Waals surface area contributed by atoms with Crippen LogP contribution in [0, 0.1) is 23.7 Å². The van der Waals surface area contributed by atoms with Gasteiger partial charge < -0.3 is 5.11 Å². The van der Waals surface area contributed by atoms with Crippen LogP contribution in [-0.2, 0) is 11.8 Å². The Kier molecular flexibility index (Phi) is 5.72. The summed E-state index contributed by atoms with van der Waals surface area (Å²) < 4.78 is 15.2. The molecule has 1 N–H and O–H groups in total. The molecule has 6 rings (SSSR count). The molecule has 6 heteroatoms. The Labute approximate surface area is 223 Å². The summed E-state index contributed by atoms with van der Waals surface area (Å²) in [5.74, 6) is 0.904. The summed E-state index contributed by atoms with van der Waals surface area (Å²) in [5.41, 5.74) is 3.95. The van der Waals surface area contributed by atoms with Crippen molar-refractivity contribution in [3.63, 3.8) is 0 Å². The second kappa shape index (κ2) is 8.87. The Hall–Kier alpha value is -3.85. The number of rotatable bonds is 5. The topological polar surface area (TPSA) is 63.3 Å². The number of halogens is 1. The van der Waals surface area contributed by atoms with E-state index in [0.717, 1.165) is 41.8 Å². The smallest absolute Gasteiger partial charge is 0.203 e. The van der Waals surface area contributed by atoms with Crippen molar-refractivity contribution in [1.29, 1.82) is 0 Å². The highest BCUT2D eigenvalue weighted by atomic mass is 19.1. The van der Waals surface area contributed by atoms with Crippen LogP contribution in [0.4, 0.5) is 4.39 Å². The summed E-state index contributed by atoms with van der Waals surface area (Å²) in [6.45, 7) is 16.0. The van der Waals surface area contributed by atoms with Gasteiger partial charge in [0, 0.05) is 45.3 Å². The van der Waals surface area contributed by atoms with E-state index in [0.29, 0.717) is 48.0 Å². The molecule has 192 valence electrons. The Morgan fingerprint density at radius 1 is 1.18 bits per heavy atom. The predicted molar refractivity (Wildman–Crippen MR) is 146 cm³/mol. The van der Waals surface area contributed by atoms with Gasteiger partial charge in [-0.3, -0.25) is 4.98 Å². The van der Waals surface area contributed by atoms with E-state index in [1.165, 1.54) is 6.07 Å². The van der Waals surface area contributed by atoms with Gasteiger partial charge in [0.25, 0.3) is 0 Å². The fourth-order valence-corrected chi connectivity index (χ4v) is 6.95. The summed E-state index contributed by atoms with van der Waals surface area (Å²) in [7, 11) is 0. The van der Waals surface area contributed by atoms with Gasteiger partial charge in [0.2, 0.25) is 5.70 Å². The number of aliphatic hydroxyl groups is 1. The molecule has 1 aromatic carbocycles. The van der Waals surface area contributed by atoms with Crippen LogP contribution in [0.5, 0.6) is 0 Å². The van der Waals surface area contributed by atoms with Crippen molar-refractivity contribution in [3.05, 3.63) is 101 Å². The van der Waals surface area contributed by atoms with Gasteiger partial charge in [-0.2, -0.15) is 0 Å². The molecule has 0 amide bonds. The molecule has 3 atom stereocenters. The van der Waals surface area contributed by atoms with Crippen LogP contribution >= 0.6 is 0 Å². The molecule has 0 bridgehead atoms. The van der Waals surface area contributed by atoms with E-state index >= 15 is 4.39 Å². The minimum absolute atomic E-state index is 0.0293. The van der Waals surface area contributed by atoms with Gasteiger partial charge in [0.15, 0.2) is 5.82 Å². The molecule has 38 heavy (non-hydrogen) atoms. The van der Waals surface area contributed by atoms with E-state index in [4.69, 9.17) is 16.5 Å². The Morgan fingerprint density at radius 3 is 2.68 bits per heavy atom. The van der Waals surface area contributed by atoms with Gasteiger partial charge in [-0.05, 0) is 68.7 Å². The Bertz CT molecular complexity index is 1530. The van der Waals surface area contributed by atoms with E-state index < -0.39 is 10.8 Å². The summed E-state index contributed by atoms with van der Waals surface area (Å²) >= 11 is 0. The maximum Gasteiger partial charge on any atom is 0.203 e. The van der Waals surface area contributed by atoms with Crippen molar-refractivity contribution < 1.29 is 9.50 Å². The van der Waals surface area contributed by atoms with Gasteiger partial charge in [-0.1, -0.05) is 32.1 Å². The van der Waals surface area contributed by atoms with Gasteiger partial charge >= 0.3 is 0 Å². The fraction of sp³-hybridized carbons (Fsp3) is 0.375. The lowest BCUT2D eigenvalue weighted by Crippen LogP contribution is -2.50. The van der Waals surface area contributed by atoms with Gasteiger partial charge in [-0.25, -0.2) is 19.2 Å². The summed E-state index contributed by atoms with van der Waals surface area (Å²) in [4.78, 5) is 18.5. The summed E-state index contributed by atoms with van der Waals surface area (Å²) in [6.07, 6.45) is 8.28. The normalized spacial score (nSPS) is 26.3. The van der Waals surface area contributed by atoms with Crippen LogP contribution in [0.25, 0.3) is 27.5 Å². The van der Waals surface area contributed by atoms with Crippen LogP contribution < -0.4 is 0 Å². The second-order valence-corrected chi connectivity index (χ2v) is 11.4. The first-order valence-electron chi connectivity index (χ1n) is 13.3. The predicted octanol–water partition coefficient (Wildman–Crippen LogP) is 7.72. The Balaban J connectivity index is 1.61. The van der Waals surface area contributed by atoms with E-state index in [1.807, 2.05) is 25.1 Å². The zero-order valence-corrected chi connectivity index (χ0v) is 21.8. The molecular formula is C32H31FN4O. The molecular weight excluding hydrogens is 475 g/mol. The quantitative estimate of drug-likeness (QED) is 0.284. The van der Waals surface area contributed by atoms with Gasteiger partial charge in [-0.15, -0.1) is 6.58 Å². The number of hydrogen-bond donors (Lipinski definition) is 1. The molecule has 0 radical (unpaired) electrons. The van der Waals surface area contributed by atoms with Crippen molar-refractivity contribution in [3.8, 4) is 22.6 Å². The number of aliphatic hydroxyl groups excluding tert-OH is 1. The molecule has 3 aromatic rings.